The Balaban J connectivity index is 1.31. The minimum Gasteiger partial charge on any atom is -0.387 e. The summed E-state index contributed by atoms with van der Waals surface area (Å²) in [5, 5.41) is 16.1. The Morgan fingerprint density at radius 1 is 1.40 bits per heavy atom. The van der Waals surface area contributed by atoms with Crippen LogP contribution in [0.4, 0.5) is 21.8 Å². The van der Waals surface area contributed by atoms with Gasteiger partial charge in [0, 0.05) is 24.9 Å². The molecule has 1 unspecified atom stereocenters. The summed E-state index contributed by atoms with van der Waals surface area (Å²) >= 11 is 6.15. The molecule has 0 aromatic carbocycles. The van der Waals surface area contributed by atoms with Crippen molar-refractivity contribution in [3.05, 3.63) is 35.0 Å². The second-order valence-corrected chi connectivity index (χ2v) is 8.87. The van der Waals surface area contributed by atoms with Gasteiger partial charge in [0.1, 0.15) is 0 Å². The van der Waals surface area contributed by atoms with E-state index in [1.807, 2.05) is 4.90 Å². The maximum atomic E-state index is 14.5. The number of carbonyl (C=O) groups excluding carboxylic acids is 1. The van der Waals surface area contributed by atoms with Gasteiger partial charge in [0.2, 0.25) is 11.9 Å². The lowest BCUT2D eigenvalue weighted by atomic mass is 10.2. The second-order valence-electron chi connectivity index (χ2n) is 8.46. The average Bonchev–Trinajstić information content (AvgIpc) is 3.61. The number of aliphatic hydroxyl groups is 1. The van der Waals surface area contributed by atoms with E-state index >= 15 is 0 Å². The molecule has 1 aliphatic heterocycles. The molecule has 2 aliphatic carbocycles. The number of hydrogen-bond acceptors (Lipinski definition) is 7. The summed E-state index contributed by atoms with van der Waals surface area (Å²) in [5.41, 5.74) is 0.649. The van der Waals surface area contributed by atoms with Crippen LogP contribution in [-0.4, -0.2) is 44.6 Å². The van der Waals surface area contributed by atoms with E-state index in [-0.39, 0.29) is 29.1 Å². The van der Waals surface area contributed by atoms with Crippen molar-refractivity contribution in [3.8, 4) is 0 Å². The van der Waals surface area contributed by atoms with Crippen LogP contribution < -0.4 is 15.5 Å². The van der Waals surface area contributed by atoms with E-state index in [1.165, 1.54) is 6.20 Å². The van der Waals surface area contributed by atoms with Gasteiger partial charge in [-0.25, -0.2) is 9.37 Å². The Morgan fingerprint density at radius 3 is 2.90 bits per heavy atom. The van der Waals surface area contributed by atoms with Gasteiger partial charge in [-0.3, -0.25) is 9.78 Å². The van der Waals surface area contributed by atoms with Crippen LogP contribution in [0.2, 0.25) is 5.02 Å². The molecule has 3 heterocycles. The van der Waals surface area contributed by atoms with E-state index in [4.69, 9.17) is 11.6 Å². The zero-order valence-electron chi connectivity index (χ0n) is 16.4. The molecule has 3 atom stereocenters. The number of aromatic nitrogens is 3. The molecule has 1 saturated heterocycles. The number of halogens is 2. The first-order valence-electron chi connectivity index (χ1n) is 10.0. The number of anilines is 3. The van der Waals surface area contributed by atoms with Gasteiger partial charge in [-0.05, 0) is 32.3 Å². The molecule has 2 aromatic heterocycles. The first kappa shape index (κ1) is 19.4. The summed E-state index contributed by atoms with van der Waals surface area (Å²) in [4.78, 5) is 26.5. The number of nitrogens with zero attached hydrogens (tertiary/aromatic N) is 4. The fourth-order valence-corrected chi connectivity index (χ4v) is 4.45. The van der Waals surface area contributed by atoms with Crippen LogP contribution in [0.25, 0.3) is 0 Å². The zero-order chi connectivity index (χ0) is 21.0. The van der Waals surface area contributed by atoms with Crippen molar-refractivity contribution in [2.24, 2.45) is 11.8 Å². The smallest absolute Gasteiger partial charge is 0.229 e. The fraction of sp³-hybridized carbons (Fsp3) is 0.500. The summed E-state index contributed by atoms with van der Waals surface area (Å²) in [6.45, 7) is 2.77. The van der Waals surface area contributed by atoms with Crippen molar-refractivity contribution in [1.29, 1.82) is 0 Å². The first-order chi connectivity index (χ1) is 14.3. The highest BCUT2D eigenvalue weighted by atomic mass is 35.5. The molecule has 158 valence electrons. The SMILES string of the molecule is CC(O)c1ncc(Nc2ncc(F)c(N3C[C@H]4C[C@@]4(NC(=O)C4CC4)C3)n2)cc1Cl. The predicted octanol–water partition coefficient (Wildman–Crippen LogP) is 2.57. The molecule has 2 aromatic rings. The Hall–Kier alpha value is -2.52. The summed E-state index contributed by atoms with van der Waals surface area (Å²) in [7, 11) is 0. The first-order valence-corrected chi connectivity index (χ1v) is 10.4. The molecule has 30 heavy (non-hydrogen) atoms. The standard InChI is InChI=1S/C20H22ClFN6O2/c1-10(29)16-14(21)4-13(6-23-16)25-19-24-7-15(22)17(26-19)28-8-12-5-20(12,9-28)27-18(30)11-2-3-11/h4,6-7,10-12,29H,2-3,5,8-9H2,1H3,(H,27,30)(H,24,25,26)/t10?,12-,20-/m1/s1. The molecule has 10 heteroatoms. The van der Waals surface area contributed by atoms with Crippen LogP contribution in [0.1, 0.15) is 38.0 Å². The largest absolute Gasteiger partial charge is 0.387 e. The lowest BCUT2D eigenvalue weighted by Gasteiger charge is -2.23. The second kappa shape index (κ2) is 7.02. The summed E-state index contributed by atoms with van der Waals surface area (Å²) < 4.78 is 14.5. The Kier molecular flexibility index (Phi) is 4.55. The number of rotatable bonds is 6. The zero-order valence-corrected chi connectivity index (χ0v) is 17.2. The molecule has 0 spiro atoms. The van der Waals surface area contributed by atoms with E-state index in [2.05, 4.69) is 25.6 Å². The van der Waals surface area contributed by atoms with Crippen LogP contribution in [0.3, 0.4) is 0 Å². The molecular formula is C20H22ClFN6O2. The van der Waals surface area contributed by atoms with E-state index in [9.17, 15) is 14.3 Å². The molecule has 3 fully saturated rings. The summed E-state index contributed by atoms with van der Waals surface area (Å²) in [5.74, 6) is 0.509. The molecule has 5 rings (SSSR count). The summed E-state index contributed by atoms with van der Waals surface area (Å²) in [6, 6.07) is 1.61. The molecule has 1 amide bonds. The van der Waals surface area contributed by atoms with Crippen molar-refractivity contribution >= 4 is 35.0 Å². The lowest BCUT2D eigenvalue weighted by molar-refractivity contribution is -0.123. The number of hydrogen-bond donors (Lipinski definition) is 3. The number of pyridine rings is 1. The highest BCUT2D eigenvalue weighted by Crippen LogP contribution is 2.51. The van der Waals surface area contributed by atoms with Crippen LogP contribution in [0.15, 0.2) is 18.5 Å². The van der Waals surface area contributed by atoms with E-state index in [0.717, 1.165) is 25.5 Å². The van der Waals surface area contributed by atoms with Crippen LogP contribution in [0.5, 0.6) is 0 Å². The highest BCUT2D eigenvalue weighted by molar-refractivity contribution is 6.31. The lowest BCUT2D eigenvalue weighted by Crippen LogP contribution is -2.43. The topological polar surface area (TPSA) is 103 Å². The predicted molar refractivity (Wildman–Crippen MR) is 109 cm³/mol. The average molecular weight is 433 g/mol. The molecule has 3 aliphatic rings. The van der Waals surface area contributed by atoms with Gasteiger partial charge in [-0.1, -0.05) is 11.6 Å². The maximum Gasteiger partial charge on any atom is 0.229 e. The third kappa shape index (κ3) is 3.56. The van der Waals surface area contributed by atoms with Crippen molar-refractivity contribution in [1.82, 2.24) is 20.3 Å². The Labute approximate surface area is 177 Å². The number of nitrogens with one attached hydrogen (secondary N) is 2. The van der Waals surface area contributed by atoms with Crippen LogP contribution >= 0.6 is 11.6 Å². The Bertz CT molecular complexity index is 1020. The number of piperidine rings is 1. The van der Waals surface area contributed by atoms with Gasteiger partial charge >= 0.3 is 0 Å². The number of amides is 1. The fourth-order valence-electron chi connectivity index (χ4n) is 4.13. The van der Waals surface area contributed by atoms with Crippen molar-refractivity contribution in [2.45, 2.75) is 37.8 Å². The molecule has 0 bridgehead atoms. The highest BCUT2D eigenvalue weighted by Gasteiger charge is 2.62. The summed E-state index contributed by atoms with van der Waals surface area (Å²) in [6.07, 6.45) is 4.71. The molecule has 8 nitrogen and oxygen atoms in total. The third-order valence-corrected chi connectivity index (χ3v) is 6.32. The number of aliphatic hydroxyl groups excluding tert-OH is 1. The van der Waals surface area contributed by atoms with Crippen LogP contribution in [0, 0.1) is 17.7 Å². The molecule has 2 saturated carbocycles. The van der Waals surface area contributed by atoms with Crippen LogP contribution in [-0.2, 0) is 4.79 Å². The molecule has 3 N–H and O–H groups in total. The van der Waals surface area contributed by atoms with Gasteiger partial charge in [0.25, 0.3) is 0 Å². The van der Waals surface area contributed by atoms with Gasteiger partial charge in [0.05, 0.1) is 40.4 Å². The maximum absolute atomic E-state index is 14.5. The van der Waals surface area contributed by atoms with Crippen molar-refractivity contribution in [2.75, 3.05) is 23.3 Å². The molecular weight excluding hydrogens is 411 g/mol. The quantitative estimate of drug-likeness (QED) is 0.644. The van der Waals surface area contributed by atoms with E-state index in [0.29, 0.717) is 35.4 Å². The van der Waals surface area contributed by atoms with Gasteiger partial charge in [-0.2, -0.15) is 4.98 Å². The van der Waals surface area contributed by atoms with Gasteiger partial charge in [0.15, 0.2) is 11.6 Å². The minimum atomic E-state index is -0.783. The Morgan fingerprint density at radius 2 is 2.20 bits per heavy atom. The third-order valence-electron chi connectivity index (χ3n) is 6.01. The monoisotopic (exact) mass is 432 g/mol. The van der Waals surface area contributed by atoms with E-state index in [1.54, 1.807) is 13.0 Å². The van der Waals surface area contributed by atoms with Gasteiger partial charge in [-0.15, -0.1) is 0 Å². The van der Waals surface area contributed by atoms with Gasteiger partial charge < -0.3 is 20.6 Å². The van der Waals surface area contributed by atoms with Crippen molar-refractivity contribution < 1.29 is 14.3 Å². The van der Waals surface area contributed by atoms with E-state index < -0.39 is 11.9 Å². The van der Waals surface area contributed by atoms with Crippen molar-refractivity contribution in [3.63, 3.8) is 0 Å². The number of fused-ring (bicyclic) bond motifs is 1. The minimum absolute atomic E-state index is 0.120. The number of carbonyl (C=O) groups is 1. The molecule has 0 radical (unpaired) electrons. The normalized spacial score (nSPS) is 25.6.